The Morgan fingerprint density at radius 3 is 2.46 bits per heavy atom. The Kier molecular flexibility index (Phi) is 8.81. The monoisotopic (exact) mass is 416 g/mol. The van der Waals surface area contributed by atoms with Gasteiger partial charge in [0.15, 0.2) is 0 Å². The molecule has 1 nitrogen and oxygen atoms in total. The van der Waals surface area contributed by atoms with E-state index in [1.54, 1.807) is 40.5 Å². The molecule has 2 aromatic rings. The first-order chi connectivity index (χ1) is 12.5. The topological polar surface area (TPSA) is 9.23 Å². The largest absolute Gasteiger partial charge is 0.497 e. The highest BCUT2D eigenvalue weighted by Gasteiger charge is 2.29. The number of ether oxygens (including phenoxy) is 1. The number of thioether (sulfide) groups is 1. The Bertz CT molecular complexity index is 700. The highest BCUT2D eigenvalue weighted by molar-refractivity contribution is 8.77. The second kappa shape index (κ2) is 10.8. The summed E-state index contributed by atoms with van der Waals surface area (Å²) in [5, 5.41) is 2.05. The molecule has 0 N–H and O–H groups in total. The fourth-order valence-corrected chi connectivity index (χ4v) is 4.64. The van der Waals surface area contributed by atoms with Crippen molar-refractivity contribution < 1.29 is 17.9 Å². The van der Waals surface area contributed by atoms with Crippen LogP contribution in [-0.2, 0) is 17.7 Å². The third-order valence-corrected chi connectivity index (χ3v) is 6.30. The molecule has 26 heavy (non-hydrogen) atoms. The van der Waals surface area contributed by atoms with Crippen LogP contribution in [0.1, 0.15) is 16.7 Å². The fraction of sp³-hybridized carbons (Fsp3) is 0.263. The standard InChI is InChI=1S/C19H19F3OS3/c1-23-18-5-2-4-16(12-18)14-26-25-11-3-10-24-13-15-6-8-17(9-7-15)19(20,21)22/h2-9,11-12H,10,13-14H2,1H3/b11-3-. The van der Waals surface area contributed by atoms with Gasteiger partial charge in [0.25, 0.3) is 0 Å². The van der Waals surface area contributed by atoms with Crippen molar-refractivity contribution in [3.05, 3.63) is 76.7 Å². The van der Waals surface area contributed by atoms with E-state index < -0.39 is 11.7 Å². The van der Waals surface area contributed by atoms with E-state index in [2.05, 4.69) is 12.1 Å². The summed E-state index contributed by atoms with van der Waals surface area (Å²) in [6.45, 7) is 0. The van der Waals surface area contributed by atoms with Gasteiger partial charge in [0.05, 0.1) is 12.7 Å². The van der Waals surface area contributed by atoms with Crippen LogP contribution in [0.15, 0.2) is 60.0 Å². The molecule has 0 aromatic heterocycles. The fourth-order valence-electron chi connectivity index (χ4n) is 2.02. The number of alkyl halides is 3. The van der Waals surface area contributed by atoms with Crippen LogP contribution < -0.4 is 4.74 Å². The van der Waals surface area contributed by atoms with E-state index in [-0.39, 0.29) is 0 Å². The molecule has 0 aliphatic heterocycles. The first kappa shape index (κ1) is 21.1. The summed E-state index contributed by atoms with van der Waals surface area (Å²) < 4.78 is 42.7. The minimum absolute atomic E-state index is 0.601. The van der Waals surface area contributed by atoms with Crippen LogP contribution in [0, 0.1) is 0 Å². The number of halogens is 3. The van der Waals surface area contributed by atoms with Crippen LogP contribution in [0.25, 0.3) is 0 Å². The lowest BCUT2D eigenvalue weighted by Crippen LogP contribution is -2.04. The molecular formula is C19H19F3OS3. The molecule has 0 atom stereocenters. The predicted octanol–water partition coefficient (Wildman–Crippen LogP) is 7.04. The van der Waals surface area contributed by atoms with Crippen molar-refractivity contribution in [1.29, 1.82) is 0 Å². The summed E-state index contributed by atoms with van der Waals surface area (Å²) in [5.41, 5.74) is 1.51. The number of methoxy groups -OCH3 is 1. The maximum atomic E-state index is 12.5. The van der Waals surface area contributed by atoms with Crippen molar-refractivity contribution in [2.75, 3.05) is 12.9 Å². The van der Waals surface area contributed by atoms with Gasteiger partial charge < -0.3 is 4.74 Å². The molecule has 0 aliphatic rings. The lowest BCUT2D eigenvalue weighted by atomic mass is 10.1. The highest BCUT2D eigenvalue weighted by atomic mass is 33.1. The minimum atomic E-state index is -4.27. The van der Waals surface area contributed by atoms with Gasteiger partial charge in [-0.2, -0.15) is 24.9 Å². The average molecular weight is 417 g/mol. The number of hydrogen-bond acceptors (Lipinski definition) is 4. The van der Waals surface area contributed by atoms with Gasteiger partial charge in [-0.25, -0.2) is 0 Å². The molecule has 7 heteroatoms. The van der Waals surface area contributed by atoms with Crippen molar-refractivity contribution in [2.24, 2.45) is 0 Å². The normalized spacial score (nSPS) is 11.8. The molecule has 2 aromatic carbocycles. The lowest BCUT2D eigenvalue weighted by Gasteiger charge is -2.07. The highest BCUT2D eigenvalue weighted by Crippen LogP contribution is 2.30. The quantitative estimate of drug-likeness (QED) is 0.320. The first-order valence-corrected chi connectivity index (χ1v) is 11.3. The Labute approximate surface area is 164 Å². The number of rotatable bonds is 9. The molecule has 0 aliphatic carbocycles. The van der Waals surface area contributed by atoms with E-state index in [1.807, 2.05) is 23.6 Å². The molecule has 2 rings (SSSR count). The summed E-state index contributed by atoms with van der Waals surface area (Å²) in [6, 6.07) is 13.4. The van der Waals surface area contributed by atoms with Gasteiger partial charge in [-0.1, -0.05) is 51.9 Å². The van der Waals surface area contributed by atoms with Gasteiger partial charge in [-0.05, 0) is 40.8 Å². The van der Waals surface area contributed by atoms with Crippen LogP contribution in [-0.4, -0.2) is 12.9 Å². The van der Waals surface area contributed by atoms with Gasteiger partial charge >= 0.3 is 6.18 Å². The van der Waals surface area contributed by atoms with E-state index in [9.17, 15) is 13.2 Å². The summed E-state index contributed by atoms with van der Waals surface area (Å²) >= 11 is 1.67. The number of hydrogen-bond donors (Lipinski definition) is 0. The SMILES string of the molecule is COc1cccc(CSS/C=C\CSCc2ccc(C(F)(F)F)cc2)c1. The summed E-state index contributed by atoms with van der Waals surface area (Å²) in [4.78, 5) is 0. The van der Waals surface area contributed by atoms with Crippen molar-refractivity contribution >= 4 is 33.3 Å². The van der Waals surface area contributed by atoms with Crippen molar-refractivity contribution in [3.8, 4) is 5.75 Å². The molecular weight excluding hydrogens is 397 g/mol. The zero-order chi connectivity index (χ0) is 18.8. The second-order valence-corrected chi connectivity index (χ2v) is 8.60. The third-order valence-electron chi connectivity index (χ3n) is 3.34. The third kappa shape index (κ3) is 7.60. The summed E-state index contributed by atoms with van der Waals surface area (Å²) in [7, 11) is 5.07. The van der Waals surface area contributed by atoms with Gasteiger partial charge in [-0.15, -0.1) is 0 Å². The lowest BCUT2D eigenvalue weighted by molar-refractivity contribution is -0.137. The molecule has 0 amide bonds. The zero-order valence-electron chi connectivity index (χ0n) is 14.2. The smallest absolute Gasteiger partial charge is 0.416 e. The maximum Gasteiger partial charge on any atom is 0.416 e. The minimum Gasteiger partial charge on any atom is -0.497 e. The molecule has 0 saturated carbocycles. The molecule has 0 fully saturated rings. The molecule has 0 heterocycles. The van der Waals surface area contributed by atoms with E-state index in [1.165, 1.54) is 17.7 Å². The molecule has 0 spiro atoms. The number of benzene rings is 2. The van der Waals surface area contributed by atoms with Crippen LogP contribution >= 0.6 is 33.3 Å². The van der Waals surface area contributed by atoms with Crippen molar-refractivity contribution in [3.63, 3.8) is 0 Å². The maximum absolute atomic E-state index is 12.5. The zero-order valence-corrected chi connectivity index (χ0v) is 16.6. The van der Waals surface area contributed by atoms with Crippen LogP contribution in [0.4, 0.5) is 13.2 Å². The van der Waals surface area contributed by atoms with E-state index in [0.717, 1.165) is 35.0 Å². The van der Waals surface area contributed by atoms with Gasteiger partial charge in [-0.3, -0.25) is 0 Å². The Hall–Kier alpha value is -1.18. The van der Waals surface area contributed by atoms with Gasteiger partial charge in [0.1, 0.15) is 5.75 Å². The van der Waals surface area contributed by atoms with E-state index in [4.69, 9.17) is 4.74 Å². The Morgan fingerprint density at radius 2 is 1.77 bits per heavy atom. The summed E-state index contributed by atoms with van der Waals surface area (Å²) in [5.74, 6) is 3.28. The van der Waals surface area contributed by atoms with E-state index in [0.29, 0.717) is 5.75 Å². The van der Waals surface area contributed by atoms with Crippen molar-refractivity contribution in [1.82, 2.24) is 0 Å². The molecule has 0 unspecified atom stereocenters. The Morgan fingerprint density at radius 1 is 1.00 bits per heavy atom. The molecule has 0 radical (unpaired) electrons. The molecule has 0 bridgehead atoms. The van der Waals surface area contributed by atoms with E-state index >= 15 is 0 Å². The Balaban J connectivity index is 1.61. The van der Waals surface area contributed by atoms with Gasteiger partial charge in [0, 0.05) is 17.3 Å². The van der Waals surface area contributed by atoms with Crippen LogP contribution in [0.2, 0.25) is 0 Å². The average Bonchev–Trinajstić information content (AvgIpc) is 2.63. The second-order valence-electron chi connectivity index (χ2n) is 5.29. The predicted molar refractivity (Wildman–Crippen MR) is 109 cm³/mol. The van der Waals surface area contributed by atoms with Crippen LogP contribution in [0.5, 0.6) is 5.75 Å². The summed E-state index contributed by atoms with van der Waals surface area (Å²) in [6.07, 6.45) is -2.20. The molecule has 140 valence electrons. The van der Waals surface area contributed by atoms with Crippen molar-refractivity contribution in [2.45, 2.75) is 17.7 Å². The van der Waals surface area contributed by atoms with Gasteiger partial charge in [0.2, 0.25) is 0 Å². The first-order valence-electron chi connectivity index (χ1n) is 7.79. The van der Waals surface area contributed by atoms with Crippen LogP contribution in [0.3, 0.4) is 0 Å². The molecule has 0 saturated heterocycles.